The molecule has 0 spiro atoms. The molecule has 2 unspecified atom stereocenters. The number of benzene rings is 1. The Labute approximate surface area is 115 Å². The summed E-state index contributed by atoms with van der Waals surface area (Å²) < 4.78 is 15.6. The molecule has 1 aromatic heterocycles. The number of alkyl halides is 1. The summed E-state index contributed by atoms with van der Waals surface area (Å²) in [6.45, 7) is 1.91. The Hall–Kier alpha value is -0.740. The highest BCUT2D eigenvalue weighted by atomic mass is 35.5. The van der Waals surface area contributed by atoms with Gasteiger partial charge in [0.1, 0.15) is 11.6 Å². The van der Waals surface area contributed by atoms with Crippen molar-refractivity contribution >= 4 is 34.4 Å². The van der Waals surface area contributed by atoms with Crippen molar-refractivity contribution in [3.8, 4) is 0 Å². The molecule has 0 aliphatic carbocycles. The lowest BCUT2D eigenvalue weighted by Crippen LogP contribution is -2.12. The molecule has 2 aromatic rings. The number of thioether (sulfide) groups is 1. The second kappa shape index (κ2) is 4.74. The highest BCUT2D eigenvalue weighted by Crippen LogP contribution is 2.35. The fourth-order valence-corrected chi connectivity index (χ4v) is 3.82. The number of halogens is 2. The van der Waals surface area contributed by atoms with E-state index in [4.69, 9.17) is 11.6 Å². The van der Waals surface area contributed by atoms with Crippen molar-refractivity contribution in [1.29, 1.82) is 0 Å². The van der Waals surface area contributed by atoms with E-state index in [9.17, 15) is 4.39 Å². The van der Waals surface area contributed by atoms with Crippen molar-refractivity contribution < 1.29 is 4.39 Å². The summed E-state index contributed by atoms with van der Waals surface area (Å²) in [5.41, 5.74) is 1.70. The van der Waals surface area contributed by atoms with Crippen LogP contribution < -0.4 is 0 Å². The van der Waals surface area contributed by atoms with Gasteiger partial charge in [-0.05, 0) is 37.3 Å². The summed E-state index contributed by atoms with van der Waals surface area (Å²) in [7, 11) is 0. The second-order valence-electron chi connectivity index (χ2n) is 4.61. The molecule has 0 amide bonds. The van der Waals surface area contributed by atoms with E-state index in [1.54, 1.807) is 12.1 Å². The van der Waals surface area contributed by atoms with Crippen molar-refractivity contribution in [3.63, 3.8) is 0 Å². The van der Waals surface area contributed by atoms with E-state index < -0.39 is 0 Å². The third-order valence-electron chi connectivity index (χ3n) is 3.31. The molecule has 0 bridgehead atoms. The van der Waals surface area contributed by atoms with Crippen LogP contribution in [0.25, 0.3) is 11.0 Å². The number of rotatable bonds is 2. The molecular formula is C13H14ClFN2S. The van der Waals surface area contributed by atoms with Crippen molar-refractivity contribution in [1.82, 2.24) is 9.55 Å². The molecule has 0 saturated carbocycles. The second-order valence-corrected chi connectivity index (χ2v) is 6.41. The first-order valence-corrected chi connectivity index (χ1v) is 7.65. The molecule has 2 atom stereocenters. The Morgan fingerprint density at radius 1 is 1.56 bits per heavy atom. The lowest BCUT2D eigenvalue weighted by atomic mass is 10.2. The summed E-state index contributed by atoms with van der Waals surface area (Å²) in [6.07, 6.45) is 1.10. The molecule has 5 heteroatoms. The lowest BCUT2D eigenvalue weighted by molar-refractivity contribution is 0.547. The third kappa shape index (κ3) is 2.01. The van der Waals surface area contributed by atoms with Crippen molar-refractivity contribution in [2.75, 3.05) is 11.5 Å². The monoisotopic (exact) mass is 284 g/mol. The molecule has 1 aliphatic heterocycles. The van der Waals surface area contributed by atoms with Gasteiger partial charge in [-0.25, -0.2) is 9.37 Å². The summed E-state index contributed by atoms with van der Waals surface area (Å²) in [5, 5.41) is -0.161. The van der Waals surface area contributed by atoms with Gasteiger partial charge >= 0.3 is 0 Å². The van der Waals surface area contributed by atoms with Gasteiger partial charge in [0.05, 0.1) is 16.4 Å². The van der Waals surface area contributed by atoms with Gasteiger partial charge in [0.15, 0.2) is 0 Å². The minimum absolute atomic E-state index is 0.161. The fraction of sp³-hybridized carbons (Fsp3) is 0.462. The van der Waals surface area contributed by atoms with Gasteiger partial charge in [-0.1, -0.05) is 0 Å². The maximum atomic E-state index is 13.4. The SMILES string of the molecule is CC(Cl)c1nc2ccc(F)cc2n1C1CCSC1. The molecule has 1 aromatic carbocycles. The summed E-state index contributed by atoms with van der Waals surface area (Å²) >= 11 is 8.14. The first-order chi connectivity index (χ1) is 8.66. The summed E-state index contributed by atoms with van der Waals surface area (Å²) in [4.78, 5) is 4.55. The van der Waals surface area contributed by atoms with E-state index in [1.165, 1.54) is 6.07 Å². The van der Waals surface area contributed by atoms with Crippen LogP contribution in [0, 0.1) is 5.82 Å². The van der Waals surface area contributed by atoms with Gasteiger partial charge in [-0.15, -0.1) is 11.6 Å². The number of hydrogen-bond donors (Lipinski definition) is 0. The Morgan fingerprint density at radius 2 is 2.39 bits per heavy atom. The Bertz CT molecular complexity index is 576. The first kappa shape index (κ1) is 12.3. The number of aromatic nitrogens is 2. The normalized spacial score (nSPS) is 21.6. The average molecular weight is 285 g/mol. The van der Waals surface area contributed by atoms with Crippen molar-refractivity contribution in [3.05, 3.63) is 29.8 Å². The standard InChI is InChI=1S/C13H14ClFN2S/c1-8(14)13-16-11-3-2-9(15)6-12(11)17(13)10-4-5-18-7-10/h2-3,6,8,10H,4-5,7H2,1H3. The molecule has 0 radical (unpaired) electrons. The van der Waals surface area contributed by atoms with Gasteiger partial charge in [-0.3, -0.25) is 0 Å². The van der Waals surface area contributed by atoms with E-state index in [-0.39, 0.29) is 11.2 Å². The predicted octanol–water partition coefficient (Wildman–Crippen LogP) is 4.15. The first-order valence-electron chi connectivity index (χ1n) is 6.06. The summed E-state index contributed by atoms with van der Waals surface area (Å²) in [6, 6.07) is 5.13. The smallest absolute Gasteiger partial charge is 0.128 e. The Balaban J connectivity index is 2.22. The zero-order valence-electron chi connectivity index (χ0n) is 10.1. The van der Waals surface area contributed by atoms with Crippen molar-refractivity contribution in [2.24, 2.45) is 0 Å². The fourth-order valence-electron chi connectivity index (χ4n) is 2.47. The third-order valence-corrected chi connectivity index (χ3v) is 4.65. The summed E-state index contributed by atoms with van der Waals surface area (Å²) in [5.74, 6) is 2.83. The Morgan fingerprint density at radius 3 is 3.06 bits per heavy atom. The maximum Gasteiger partial charge on any atom is 0.128 e. The maximum absolute atomic E-state index is 13.4. The van der Waals surface area contributed by atoms with Crippen LogP contribution in [0.5, 0.6) is 0 Å². The molecule has 96 valence electrons. The highest BCUT2D eigenvalue weighted by Gasteiger charge is 2.24. The quantitative estimate of drug-likeness (QED) is 0.771. The molecular weight excluding hydrogens is 271 g/mol. The molecule has 0 N–H and O–H groups in total. The minimum Gasteiger partial charge on any atom is -0.323 e. The van der Waals surface area contributed by atoms with Crippen LogP contribution in [0.3, 0.4) is 0 Å². The van der Waals surface area contributed by atoms with Gasteiger partial charge in [-0.2, -0.15) is 11.8 Å². The lowest BCUT2D eigenvalue weighted by Gasteiger charge is -2.16. The molecule has 3 rings (SSSR count). The number of hydrogen-bond acceptors (Lipinski definition) is 2. The number of nitrogens with zero attached hydrogens (tertiary/aromatic N) is 2. The molecule has 1 saturated heterocycles. The molecule has 1 aliphatic rings. The van der Waals surface area contributed by atoms with Gasteiger partial charge < -0.3 is 4.57 Å². The number of imidazole rings is 1. The molecule has 2 heterocycles. The molecule has 18 heavy (non-hydrogen) atoms. The molecule has 1 fully saturated rings. The van der Waals surface area contributed by atoms with E-state index in [0.29, 0.717) is 6.04 Å². The zero-order valence-corrected chi connectivity index (χ0v) is 11.6. The van der Waals surface area contributed by atoms with Crippen LogP contribution in [0.4, 0.5) is 4.39 Å². The van der Waals surface area contributed by atoms with Crippen LogP contribution in [0.2, 0.25) is 0 Å². The Kier molecular flexibility index (Phi) is 3.24. The van der Waals surface area contributed by atoms with E-state index in [0.717, 1.165) is 34.8 Å². The van der Waals surface area contributed by atoms with Crippen LogP contribution in [-0.4, -0.2) is 21.1 Å². The zero-order chi connectivity index (χ0) is 12.7. The molecule has 2 nitrogen and oxygen atoms in total. The van der Waals surface area contributed by atoms with Gasteiger partial charge in [0, 0.05) is 11.8 Å². The van der Waals surface area contributed by atoms with Gasteiger partial charge in [0.2, 0.25) is 0 Å². The van der Waals surface area contributed by atoms with Crippen LogP contribution in [-0.2, 0) is 0 Å². The van der Waals surface area contributed by atoms with E-state index in [1.807, 2.05) is 18.7 Å². The van der Waals surface area contributed by atoms with Crippen LogP contribution in [0.15, 0.2) is 18.2 Å². The van der Waals surface area contributed by atoms with Crippen LogP contribution in [0.1, 0.15) is 30.6 Å². The predicted molar refractivity (Wildman–Crippen MR) is 74.9 cm³/mol. The number of fused-ring (bicyclic) bond motifs is 1. The van der Waals surface area contributed by atoms with E-state index >= 15 is 0 Å². The van der Waals surface area contributed by atoms with E-state index in [2.05, 4.69) is 9.55 Å². The highest BCUT2D eigenvalue weighted by molar-refractivity contribution is 7.99. The average Bonchev–Trinajstić information content (AvgIpc) is 2.93. The topological polar surface area (TPSA) is 17.8 Å². The van der Waals surface area contributed by atoms with Crippen LogP contribution >= 0.6 is 23.4 Å². The minimum atomic E-state index is -0.219. The van der Waals surface area contributed by atoms with Crippen molar-refractivity contribution in [2.45, 2.75) is 24.8 Å². The van der Waals surface area contributed by atoms with Gasteiger partial charge in [0.25, 0.3) is 0 Å². The largest absolute Gasteiger partial charge is 0.323 e.